The van der Waals surface area contributed by atoms with Gasteiger partial charge in [0.2, 0.25) is 12.2 Å². The molecule has 0 saturated heterocycles. The van der Waals surface area contributed by atoms with E-state index < -0.39 is 28.5 Å². The molecule has 2 N–H and O–H groups in total. The van der Waals surface area contributed by atoms with Crippen molar-refractivity contribution in [3.63, 3.8) is 0 Å². The molecule has 2 atom stereocenters. The number of para-hydroxylation sites is 1. The van der Waals surface area contributed by atoms with Crippen LogP contribution in [0.15, 0.2) is 89.0 Å². The van der Waals surface area contributed by atoms with E-state index >= 15 is 0 Å². The molecule has 0 spiro atoms. The number of hydrazone groups is 1. The Morgan fingerprint density at radius 1 is 1.15 bits per heavy atom. The molecule has 1 aliphatic rings. The van der Waals surface area contributed by atoms with Crippen LogP contribution in [0.5, 0.6) is 5.75 Å². The minimum atomic E-state index is -1.09. The number of nitriles is 1. The van der Waals surface area contributed by atoms with Gasteiger partial charge in [-0.25, -0.2) is 13.8 Å². The monoisotopic (exact) mass is 562 g/mol. The number of amides is 1. The van der Waals surface area contributed by atoms with E-state index in [9.17, 15) is 13.6 Å². The number of rotatable bonds is 9. The smallest absolute Gasteiger partial charge is 0.285 e. The molecule has 3 aromatic rings. The number of hydrogen-bond donors (Lipinski definition) is 2. The Hall–Kier alpha value is -4.43. The molecule has 11 heteroatoms. The average Bonchev–Trinajstić information content (AvgIpc) is 3.37. The van der Waals surface area contributed by atoms with Gasteiger partial charge in [0.05, 0.1) is 0 Å². The topological polar surface area (TPSA) is 102 Å². The summed E-state index contributed by atoms with van der Waals surface area (Å²) in [5.74, 6) is -0.878. The van der Waals surface area contributed by atoms with Crippen LogP contribution in [0.2, 0.25) is 0 Å². The number of aliphatic imine (C=N–C) groups is 1. The molecule has 1 amide bonds. The zero-order valence-corrected chi connectivity index (χ0v) is 22.8. The van der Waals surface area contributed by atoms with Crippen LogP contribution < -0.4 is 15.4 Å². The van der Waals surface area contributed by atoms with Crippen molar-refractivity contribution in [1.29, 1.82) is 5.26 Å². The minimum absolute atomic E-state index is 0.0333. The number of carbonyl (C=O) groups is 1. The van der Waals surface area contributed by atoms with Crippen molar-refractivity contribution in [3.05, 3.63) is 102 Å². The molecule has 4 rings (SSSR count). The molecule has 40 heavy (non-hydrogen) atoms. The first kappa shape index (κ1) is 28.6. The first-order valence-electron chi connectivity index (χ1n) is 12.6. The Morgan fingerprint density at radius 3 is 2.52 bits per heavy atom. The first-order chi connectivity index (χ1) is 19.4. The van der Waals surface area contributed by atoms with Gasteiger partial charge in [0.15, 0.2) is 6.10 Å². The zero-order valence-electron chi connectivity index (χ0n) is 22.0. The van der Waals surface area contributed by atoms with E-state index in [2.05, 4.69) is 20.7 Å². The van der Waals surface area contributed by atoms with Gasteiger partial charge in [-0.15, -0.1) is 4.99 Å². The molecule has 3 aromatic carbocycles. The third kappa shape index (κ3) is 6.40. The van der Waals surface area contributed by atoms with E-state index in [1.165, 1.54) is 16.8 Å². The second-order valence-corrected chi connectivity index (χ2v) is 10.1. The molecule has 0 aromatic heterocycles. The highest BCUT2D eigenvalue weighted by Crippen LogP contribution is 2.51. The van der Waals surface area contributed by atoms with Gasteiger partial charge in [0, 0.05) is 19.2 Å². The predicted octanol–water partition coefficient (Wildman–Crippen LogP) is 4.95. The molecule has 206 valence electrons. The fourth-order valence-electron chi connectivity index (χ4n) is 4.27. The van der Waals surface area contributed by atoms with E-state index in [4.69, 9.17) is 10.00 Å². The van der Waals surface area contributed by atoms with Gasteiger partial charge in [0.1, 0.15) is 27.3 Å². The van der Waals surface area contributed by atoms with Crippen LogP contribution in [0.4, 0.5) is 8.78 Å². The van der Waals surface area contributed by atoms with Gasteiger partial charge in [-0.2, -0.15) is 10.4 Å². The second kappa shape index (κ2) is 13.1. The highest BCUT2D eigenvalue weighted by atomic mass is 32.2. The van der Waals surface area contributed by atoms with Gasteiger partial charge in [-0.3, -0.25) is 4.79 Å². The standard InChI is InChI=1S/C29H28F2N6O2S/c1-20(39-23-12-7-4-8-13-23)27(38)37-29(21-10-5-3-6-11-21,16-9-17-34-28(33-2)35-19-32)40-26(36-37)24-18-22(30)14-15-25(24)31/h3-8,10-15,18,20H,9,16-17H2,1-2H3,(H2,33,34,35)/t20-,29?/m0/s1. The van der Waals surface area contributed by atoms with E-state index in [1.54, 1.807) is 44.4 Å². The van der Waals surface area contributed by atoms with E-state index in [0.717, 1.165) is 23.8 Å². The fraction of sp³-hybridized carbons (Fsp3) is 0.241. The maximum absolute atomic E-state index is 14.9. The van der Waals surface area contributed by atoms with E-state index in [-0.39, 0.29) is 10.6 Å². The third-order valence-electron chi connectivity index (χ3n) is 6.18. The maximum atomic E-state index is 14.9. The number of halogens is 2. The van der Waals surface area contributed by atoms with Crippen LogP contribution >= 0.6 is 11.8 Å². The molecule has 0 radical (unpaired) electrons. The lowest BCUT2D eigenvalue weighted by molar-refractivity contribution is -0.141. The summed E-state index contributed by atoms with van der Waals surface area (Å²) in [5, 5.41) is 20.8. The van der Waals surface area contributed by atoms with Crippen molar-refractivity contribution in [3.8, 4) is 11.9 Å². The summed E-state index contributed by atoms with van der Waals surface area (Å²) >= 11 is 1.19. The Labute approximate surface area is 235 Å². The van der Waals surface area contributed by atoms with E-state index in [0.29, 0.717) is 31.1 Å². The number of benzene rings is 3. The predicted molar refractivity (Wildman–Crippen MR) is 151 cm³/mol. The zero-order chi connectivity index (χ0) is 28.5. The van der Waals surface area contributed by atoms with Gasteiger partial charge in [-0.1, -0.05) is 60.3 Å². The van der Waals surface area contributed by atoms with Crippen molar-refractivity contribution in [2.75, 3.05) is 13.6 Å². The quantitative estimate of drug-likeness (QED) is 0.166. The maximum Gasteiger partial charge on any atom is 0.285 e. The minimum Gasteiger partial charge on any atom is -0.481 e. The molecule has 1 unspecified atom stereocenters. The molecule has 0 aliphatic carbocycles. The second-order valence-electron chi connectivity index (χ2n) is 8.85. The molecule has 1 aliphatic heterocycles. The summed E-state index contributed by atoms with van der Waals surface area (Å²) in [5.41, 5.74) is 0.726. The van der Waals surface area contributed by atoms with Gasteiger partial charge in [0.25, 0.3) is 5.91 Å². The average molecular weight is 563 g/mol. The summed E-state index contributed by atoms with van der Waals surface area (Å²) in [6, 6.07) is 21.4. The molecule has 8 nitrogen and oxygen atoms in total. The van der Waals surface area contributed by atoms with Crippen molar-refractivity contribution in [2.24, 2.45) is 10.1 Å². The number of guanidine groups is 1. The van der Waals surface area contributed by atoms with Crippen molar-refractivity contribution >= 4 is 28.7 Å². The van der Waals surface area contributed by atoms with Crippen molar-refractivity contribution in [1.82, 2.24) is 15.6 Å². The summed E-state index contributed by atoms with van der Waals surface area (Å²) in [6.45, 7) is 2.05. The number of thioether (sulfide) groups is 1. The summed E-state index contributed by atoms with van der Waals surface area (Å²) in [4.78, 5) is 16.6. The highest BCUT2D eigenvalue weighted by molar-refractivity contribution is 8.15. The fourth-order valence-corrected chi connectivity index (χ4v) is 5.69. The summed E-state index contributed by atoms with van der Waals surface area (Å²) < 4.78 is 35.0. The van der Waals surface area contributed by atoms with E-state index in [1.807, 2.05) is 36.4 Å². The number of carbonyl (C=O) groups excluding carboxylic acids is 1. The van der Waals surface area contributed by atoms with Crippen LogP contribution in [0.25, 0.3) is 0 Å². The van der Waals surface area contributed by atoms with Crippen LogP contribution in [0, 0.1) is 23.1 Å². The molecule has 1 heterocycles. The lowest BCUT2D eigenvalue weighted by Gasteiger charge is -2.37. The number of ether oxygens (including phenoxy) is 1. The Balaban J connectivity index is 1.72. The summed E-state index contributed by atoms with van der Waals surface area (Å²) in [7, 11) is 1.64. The lowest BCUT2D eigenvalue weighted by atomic mass is 9.99. The number of nitrogens with one attached hydrogen (secondary N) is 2. The highest BCUT2D eigenvalue weighted by Gasteiger charge is 2.50. The van der Waals surface area contributed by atoms with Crippen molar-refractivity contribution in [2.45, 2.75) is 30.7 Å². The lowest BCUT2D eigenvalue weighted by Crippen LogP contribution is -2.47. The summed E-state index contributed by atoms with van der Waals surface area (Å²) in [6.07, 6.45) is 1.70. The molecule has 0 saturated carbocycles. The van der Waals surface area contributed by atoms with Gasteiger partial charge >= 0.3 is 0 Å². The Bertz CT molecular complexity index is 1430. The molecule has 0 bridgehead atoms. The van der Waals surface area contributed by atoms with Gasteiger partial charge in [-0.05, 0) is 55.7 Å². The first-order valence-corrected chi connectivity index (χ1v) is 13.4. The van der Waals surface area contributed by atoms with Crippen LogP contribution in [-0.4, -0.2) is 41.6 Å². The van der Waals surface area contributed by atoms with Crippen LogP contribution in [-0.2, 0) is 9.67 Å². The van der Waals surface area contributed by atoms with Gasteiger partial charge < -0.3 is 15.4 Å². The molecular formula is C29H28F2N6O2S. The SMILES string of the molecule is CN/C(=N/C#N)NCCCC1(c2ccccc2)SC(c2cc(F)ccc2F)=NN1C(=O)[C@H](C)Oc1ccccc1. The van der Waals surface area contributed by atoms with Crippen molar-refractivity contribution < 1.29 is 18.3 Å². The Morgan fingerprint density at radius 2 is 1.85 bits per heavy atom. The van der Waals surface area contributed by atoms with Crippen LogP contribution in [0.1, 0.15) is 30.9 Å². The number of hydrogen-bond acceptors (Lipinski definition) is 6. The molecular weight excluding hydrogens is 534 g/mol. The Kier molecular flexibility index (Phi) is 9.35. The third-order valence-corrected chi connectivity index (χ3v) is 7.62. The number of nitrogens with zero attached hydrogens (tertiary/aromatic N) is 4. The molecule has 0 fully saturated rings. The van der Waals surface area contributed by atoms with Crippen LogP contribution in [0.3, 0.4) is 0 Å². The normalized spacial score (nSPS) is 17.5. The largest absolute Gasteiger partial charge is 0.481 e.